The van der Waals surface area contributed by atoms with Crippen molar-refractivity contribution in [3.63, 3.8) is 0 Å². The first-order valence-corrected chi connectivity index (χ1v) is 9.35. The summed E-state index contributed by atoms with van der Waals surface area (Å²) in [5.74, 6) is 0.513. The molecule has 0 saturated heterocycles. The molecule has 0 atom stereocenters. The van der Waals surface area contributed by atoms with Crippen molar-refractivity contribution in [2.24, 2.45) is 0 Å². The quantitative estimate of drug-likeness (QED) is 0.699. The maximum atomic E-state index is 12.1. The van der Waals surface area contributed by atoms with Crippen molar-refractivity contribution in [1.82, 2.24) is 10.0 Å². The molecule has 2 rings (SSSR count). The Morgan fingerprint density at radius 2 is 1.80 bits per heavy atom. The molecule has 0 saturated carbocycles. The van der Waals surface area contributed by atoms with E-state index < -0.39 is 10.0 Å². The number of carbonyl (C=O) groups excluding carboxylic acids is 1. The average Bonchev–Trinajstić information content (AvgIpc) is 2.59. The van der Waals surface area contributed by atoms with Gasteiger partial charge in [0.2, 0.25) is 15.9 Å². The fourth-order valence-electron chi connectivity index (χ4n) is 2.22. The van der Waals surface area contributed by atoms with Gasteiger partial charge in [-0.25, -0.2) is 13.1 Å². The third-order valence-corrected chi connectivity index (χ3v) is 5.05. The fourth-order valence-corrected chi connectivity index (χ4v) is 3.25. The number of sulfonamides is 1. The highest BCUT2D eigenvalue weighted by molar-refractivity contribution is 7.89. The second-order valence-corrected chi connectivity index (χ2v) is 7.36. The first-order valence-electron chi connectivity index (χ1n) is 7.87. The lowest BCUT2D eigenvalue weighted by Crippen LogP contribution is -2.35. The zero-order valence-corrected chi connectivity index (χ0v) is 15.1. The Bertz CT molecular complexity index is 817. The normalized spacial score (nSPS) is 11.1. The van der Waals surface area contributed by atoms with Crippen LogP contribution in [0, 0.1) is 6.92 Å². The standard InChI is InChI=1S/C18H22N2O4S/c1-14-6-8-17(9-7-14)25(22,23)20-11-10-19-18(21)13-15-4-3-5-16(12-15)24-2/h3-9,12,20H,10-11,13H2,1-2H3,(H,19,21). The van der Waals surface area contributed by atoms with Crippen LogP contribution in [0.15, 0.2) is 53.4 Å². The van der Waals surface area contributed by atoms with Crippen LogP contribution in [0.5, 0.6) is 5.75 Å². The van der Waals surface area contributed by atoms with Crippen molar-refractivity contribution in [2.75, 3.05) is 20.2 Å². The number of benzene rings is 2. The minimum Gasteiger partial charge on any atom is -0.497 e. The molecule has 0 fully saturated rings. The predicted octanol–water partition coefficient (Wildman–Crippen LogP) is 1.64. The van der Waals surface area contributed by atoms with E-state index in [9.17, 15) is 13.2 Å². The third kappa shape index (κ3) is 5.88. The van der Waals surface area contributed by atoms with Crippen LogP contribution in [0.2, 0.25) is 0 Å². The zero-order valence-electron chi connectivity index (χ0n) is 14.3. The Labute approximate surface area is 148 Å². The molecule has 0 aromatic heterocycles. The summed E-state index contributed by atoms with van der Waals surface area (Å²) >= 11 is 0. The number of rotatable bonds is 8. The number of hydrogen-bond donors (Lipinski definition) is 2. The van der Waals surface area contributed by atoms with Crippen LogP contribution in [-0.2, 0) is 21.2 Å². The summed E-state index contributed by atoms with van der Waals surface area (Å²) in [6.07, 6.45) is 0.210. The predicted molar refractivity (Wildman–Crippen MR) is 96.1 cm³/mol. The smallest absolute Gasteiger partial charge is 0.240 e. The minimum atomic E-state index is -3.56. The van der Waals surface area contributed by atoms with Gasteiger partial charge in [-0.15, -0.1) is 0 Å². The number of methoxy groups -OCH3 is 1. The Balaban J connectivity index is 1.78. The summed E-state index contributed by atoms with van der Waals surface area (Å²) in [4.78, 5) is 12.1. The van der Waals surface area contributed by atoms with Crippen LogP contribution >= 0.6 is 0 Å². The van der Waals surface area contributed by atoms with Gasteiger partial charge >= 0.3 is 0 Å². The van der Waals surface area contributed by atoms with E-state index in [2.05, 4.69) is 10.0 Å². The van der Waals surface area contributed by atoms with Gasteiger partial charge in [0.25, 0.3) is 0 Å². The van der Waals surface area contributed by atoms with Gasteiger partial charge in [0.05, 0.1) is 18.4 Å². The Morgan fingerprint density at radius 3 is 2.48 bits per heavy atom. The Hall–Kier alpha value is -2.38. The third-order valence-electron chi connectivity index (χ3n) is 3.57. The van der Waals surface area contributed by atoms with Crippen molar-refractivity contribution < 1.29 is 17.9 Å². The molecule has 0 aliphatic carbocycles. The molecule has 0 radical (unpaired) electrons. The molecule has 7 heteroatoms. The topological polar surface area (TPSA) is 84.5 Å². The highest BCUT2D eigenvalue weighted by Gasteiger charge is 2.13. The van der Waals surface area contributed by atoms with Crippen molar-refractivity contribution in [3.05, 3.63) is 59.7 Å². The number of carbonyl (C=O) groups is 1. The molecule has 0 spiro atoms. The van der Waals surface area contributed by atoms with Crippen LogP contribution < -0.4 is 14.8 Å². The fraction of sp³-hybridized carbons (Fsp3) is 0.278. The molecule has 0 aliphatic heterocycles. The van der Waals surface area contributed by atoms with Gasteiger partial charge in [-0.05, 0) is 36.8 Å². The summed E-state index contributed by atoms with van der Waals surface area (Å²) in [5.41, 5.74) is 1.82. The highest BCUT2D eigenvalue weighted by atomic mass is 32.2. The van der Waals surface area contributed by atoms with Gasteiger partial charge in [0.15, 0.2) is 0 Å². The molecule has 0 bridgehead atoms. The largest absolute Gasteiger partial charge is 0.497 e. The van der Waals surface area contributed by atoms with Crippen molar-refractivity contribution in [3.8, 4) is 5.75 Å². The maximum Gasteiger partial charge on any atom is 0.240 e. The molecule has 0 aliphatic rings. The number of nitrogens with one attached hydrogen (secondary N) is 2. The van der Waals surface area contributed by atoms with E-state index in [4.69, 9.17) is 4.74 Å². The number of amides is 1. The molecule has 2 N–H and O–H groups in total. The van der Waals surface area contributed by atoms with E-state index in [0.29, 0.717) is 5.75 Å². The van der Waals surface area contributed by atoms with Crippen molar-refractivity contribution >= 4 is 15.9 Å². The summed E-state index contributed by atoms with van der Waals surface area (Å²) in [6, 6.07) is 13.8. The molecular formula is C18H22N2O4S. The molecule has 6 nitrogen and oxygen atoms in total. The number of ether oxygens (including phenoxy) is 1. The van der Waals surface area contributed by atoms with Gasteiger partial charge in [0.1, 0.15) is 5.75 Å². The highest BCUT2D eigenvalue weighted by Crippen LogP contribution is 2.13. The van der Waals surface area contributed by atoms with E-state index in [1.165, 1.54) is 0 Å². The summed E-state index contributed by atoms with van der Waals surface area (Å²) < 4.78 is 31.8. The van der Waals surface area contributed by atoms with E-state index in [-0.39, 0.29) is 30.3 Å². The molecule has 0 unspecified atom stereocenters. The van der Waals surface area contributed by atoms with Crippen LogP contribution in [-0.4, -0.2) is 34.5 Å². The lowest BCUT2D eigenvalue weighted by Gasteiger charge is -2.09. The lowest BCUT2D eigenvalue weighted by atomic mass is 10.1. The second kappa shape index (κ2) is 8.64. The SMILES string of the molecule is COc1cccc(CC(=O)NCCNS(=O)(=O)c2ccc(C)cc2)c1. The summed E-state index contributed by atoms with van der Waals surface area (Å²) in [7, 11) is -1.99. The number of hydrogen-bond acceptors (Lipinski definition) is 4. The van der Waals surface area contributed by atoms with Gasteiger partial charge in [0, 0.05) is 13.1 Å². The van der Waals surface area contributed by atoms with Gasteiger partial charge in [-0.1, -0.05) is 29.8 Å². The first kappa shape index (κ1) is 19.0. The minimum absolute atomic E-state index is 0.125. The van der Waals surface area contributed by atoms with Crippen LogP contribution in [0.25, 0.3) is 0 Å². The van der Waals surface area contributed by atoms with Crippen molar-refractivity contribution in [1.29, 1.82) is 0 Å². The van der Waals surface area contributed by atoms with Crippen molar-refractivity contribution in [2.45, 2.75) is 18.2 Å². The van der Waals surface area contributed by atoms with E-state index in [1.807, 2.05) is 19.1 Å². The van der Waals surface area contributed by atoms with Crippen LogP contribution in [0.1, 0.15) is 11.1 Å². The monoisotopic (exact) mass is 362 g/mol. The summed E-state index contributed by atoms with van der Waals surface area (Å²) in [6.45, 7) is 2.23. The van der Waals surface area contributed by atoms with Gasteiger partial charge < -0.3 is 10.1 Å². The Kier molecular flexibility index (Phi) is 6.55. The number of aryl methyl sites for hydroxylation is 1. The zero-order chi connectivity index (χ0) is 18.3. The molecular weight excluding hydrogens is 340 g/mol. The lowest BCUT2D eigenvalue weighted by molar-refractivity contribution is -0.120. The van der Waals surface area contributed by atoms with Crippen LogP contribution in [0.4, 0.5) is 0 Å². The van der Waals surface area contributed by atoms with E-state index in [1.54, 1.807) is 43.5 Å². The van der Waals surface area contributed by atoms with E-state index >= 15 is 0 Å². The molecule has 2 aromatic carbocycles. The molecule has 1 amide bonds. The van der Waals surface area contributed by atoms with Crippen LogP contribution in [0.3, 0.4) is 0 Å². The first-order chi connectivity index (χ1) is 11.9. The second-order valence-electron chi connectivity index (χ2n) is 5.59. The maximum absolute atomic E-state index is 12.1. The molecule has 0 heterocycles. The molecule has 25 heavy (non-hydrogen) atoms. The van der Waals surface area contributed by atoms with E-state index in [0.717, 1.165) is 11.1 Å². The van der Waals surface area contributed by atoms with Gasteiger partial charge in [-0.2, -0.15) is 0 Å². The molecule has 134 valence electrons. The average molecular weight is 362 g/mol. The molecule has 2 aromatic rings. The van der Waals surface area contributed by atoms with Gasteiger partial charge in [-0.3, -0.25) is 4.79 Å². The summed E-state index contributed by atoms with van der Waals surface area (Å²) in [5, 5.41) is 2.70. The Morgan fingerprint density at radius 1 is 1.08 bits per heavy atom.